The SMILES string of the molecule is C=C/C=C(\C=C/C)OC(=O)C(/C=C\C)=C/C. The van der Waals surface area contributed by atoms with Crippen LogP contribution in [0, 0.1) is 0 Å². The van der Waals surface area contributed by atoms with E-state index >= 15 is 0 Å². The van der Waals surface area contributed by atoms with Gasteiger partial charge in [-0.3, -0.25) is 0 Å². The monoisotopic (exact) mass is 218 g/mol. The molecule has 0 saturated carbocycles. The molecule has 2 nitrogen and oxygen atoms in total. The Balaban J connectivity index is 4.76. The van der Waals surface area contributed by atoms with Gasteiger partial charge in [0.2, 0.25) is 0 Å². The average molecular weight is 218 g/mol. The highest BCUT2D eigenvalue weighted by Crippen LogP contribution is 2.07. The molecule has 0 rings (SSSR count). The molecule has 0 aromatic heterocycles. The van der Waals surface area contributed by atoms with E-state index in [-0.39, 0.29) is 5.97 Å². The van der Waals surface area contributed by atoms with Crippen LogP contribution in [-0.2, 0) is 9.53 Å². The van der Waals surface area contributed by atoms with Crippen molar-refractivity contribution < 1.29 is 9.53 Å². The molecule has 0 radical (unpaired) electrons. The largest absolute Gasteiger partial charge is 0.423 e. The Morgan fingerprint density at radius 3 is 2.19 bits per heavy atom. The third-order valence-corrected chi connectivity index (χ3v) is 1.72. The third-order valence-electron chi connectivity index (χ3n) is 1.72. The van der Waals surface area contributed by atoms with Crippen LogP contribution >= 0.6 is 0 Å². The standard InChI is InChI=1S/C14H18O2/c1-5-9-12(8-4)14(15)16-13(10-6-2)11-7-3/h5-11H,2H2,1,3-4H3/b9-5-,11-7-,12-8+,13-10+. The van der Waals surface area contributed by atoms with Crippen LogP contribution in [0.2, 0.25) is 0 Å². The van der Waals surface area contributed by atoms with Crippen molar-refractivity contribution in [2.24, 2.45) is 0 Å². The molecular weight excluding hydrogens is 200 g/mol. The molecule has 0 heterocycles. The maximum Gasteiger partial charge on any atom is 0.343 e. The molecule has 0 aromatic carbocycles. The Bertz CT molecular complexity index is 355. The number of hydrogen-bond acceptors (Lipinski definition) is 2. The van der Waals surface area contributed by atoms with Crippen LogP contribution in [0.5, 0.6) is 0 Å². The number of allylic oxidation sites excluding steroid dienone is 6. The smallest absolute Gasteiger partial charge is 0.343 e. The lowest BCUT2D eigenvalue weighted by atomic mass is 10.2. The normalized spacial score (nSPS) is 13.4. The van der Waals surface area contributed by atoms with Gasteiger partial charge in [0.05, 0.1) is 5.57 Å². The van der Waals surface area contributed by atoms with Gasteiger partial charge in [0.15, 0.2) is 0 Å². The van der Waals surface area contributed by atoms with E-state index in [0.717, 1.165) is 0 Å². The maximum atomic E-state index is 11.7. The molecule has 0 aliphatic carbocycles. The number of carbonyl (C=O) groups excluding carboxylic acids is 1. The van der Waals surface area contributed by atoms with Gasteiger partial charge in [0.1, 0.15) is 5.76 Å². The summed E-state index contributed by atoms with van der Waals surface area (Å²) in [6.45, 7) is 9.06. The minimum atomic E-state index is -0.369. The molecule has 0 unspecified atom stereocenters. The fraction of sp³-hybridized carbons (Fsp3) is 0.214. The summed E-state index contributed by atoms with van der Waals surface area (Å²) in [6, 6.07) is 0. The Hall–Kier alpha value is -1.83. The van der Waals surface area contributed by atoms with Gasteiger partial charge in [-0.05, 0) is 32.9 Å². The van der Waals surface area contributed by atoms with Crippen LogP contribution in [0.3, 0.4) is 0 Å². The summed E-state index contributed by atoms with van der Waals surface area (Å²) in [5.74, 6) is 0.109. The van der Waals surface area contributed by atoms with E-state index in [2.05, 4.69) is 6.58 Å². The van der Waals surface area contributed by atoms with Crippen molar-refractivity contribution in [3.63, 3.8) is 0 Å². The molecule has 86 valence electrons. The lowest BCUT2D eigenvalue weighted by Crippen LogP contribution is -2.05. The summed E-state index contributed by atoms with van der Waals surface area (Å²) in [5, 5.41) is 0. The van der Waals surface area contributed by atoms with Crippen molar-refractivity contribution in [3.05, 3.63) is 60.4 Å². The first-order chi connectivity index (χ1) is 7.69. The van der Waals surface area contributed by atoms with Crippen molar-refractivity contribution in [1.29, 1.82) is 0 Å². The van der Waals surface area contributed by atoms with E-state index in [0.29, 0.717) is 11.3 Å². The molecule has 0 aromatic rings. The second-order valence-electron chi connectivity index (χ2n) is 2.94. The average Bonchev–Trinajstić information content (AvgIpc) is 2.26. The number of esters is 1. The predicted octanol–water partition coefficient (Wildman–Crippen LogP) is 3.70. The summed E-state index contributed by atoms with van der Waals surface area (Å²) in [4.78, 5) is 11.7. The second kappa shape index (κ2) is 8.48. The molecule has 2 heteroatoms. The van der Waals surface area contributed by atoms with Gasteiger partial charge in [0.25, 0.3) is 0 Å². The molecule has 0 saturated heterocycles. The van der Waals surface area contributed by atoms with E-state index in [1.165, 1.54) is 0 Å². The molecule has 0 aliphatic heterocycles. The molecule has 0 amide bonds. The van der Waals surface area contributed by atoms with E-state index in [4.69, 9.17) is 4.74 Å². The fourth-order valence-electron chi connectivity index (χ4n) is 1.03. The van der Waals surface area contributed by atoms with Gasteiger partial charge in [-0.2, -0.15) is 0 Å². The zero-order valence-electron chi connectivity index (χ0n) is 10.1. The van der Waals surface area contributed by atoms with Crippen molar-refractivity contribution in [2.45, 2.75) is 20.8 Å². The Morgan fingerprint density at radius 2 is 1.75 bits per heavy atom. The van der Waals surface area contributed by atoms with Crippen LogP contribution in [0.4, 0.5) is 0 Å². The number of carbonyl (C=O) groups is 1. The number of ether oxygens (including phenoxy) is 1. The van der Waals surface area contributed by atoms with Crippen molar-refractivity contribution in [3.8, 4) is 0 Å². The van der Waals surface area contributed by atoms with Gasteiger partial charge < -0.3 is 4.74 Å². The molecule has 0 fully saturated rings. The molecule has 0 aliphatic rings. The van der Waals surface area contributed by atoms with Gasteiger partial charge in [-0.1, -0.05) is 37.0 Å². The molecular formula is C14H18O2. The second-order valence-corrected chi connectivity index (χ2v) is 2.94. The summed E-state index contributed by atoms with van der Waals surface area (Å²) >= 11 is 0. The first-order valence-electron chi connectivity index (χ1n) is 5.16. The zero-order chi connectivity index (χ0) is 12.4. The van der Waals surface area contributed by atoms with Crippen molar-refractivity contribution in [1.82, 2.24) is 0 Å². The van der Waals surface area contributed by atoms with Crippen LogP contribution in [0.1, 0.15) is 20.8 Å². The quantitative estimate of drug-likeness (QED) is 0.304. The van der Waals surface area contributed by atoms with Gasteiger partial charge in [0, 0.05) is 0 Å². The van der Waals surface area contributed by atoms with Crippen LogP contribution in [0.25, 0.3) is 0 Å². The van der Waals surface area contributed by atoms with Crippen LogP contribution < -0.4 is 0 Å². The molecule has 0 atom stereocenters. The molecule has 0 N–H and O–H groups in total. The highest BCUT2D eigenvalue weighted by atomic mass is 16.5. The maximum absolute atomic E-state index is 11.7. The first-order valence-corrected chi connectivity index (χ1v) is 5.16. The lowest BCUT2D eigenvalue weighted by molar-refractivity contribution is -0.134. The van der Waals surface area contributed by atoms with Crippen LogP contribution in [0.15, 0.2) is 60.4 Å². The predicted molar refractivity (Wildman–Crippen MR) is 67.8 cm³/mol. The Kier molecular flexibility index (Phi) is 7.51. The lowest BCUT2D eigenvalue weighted by Gasteiger charge is -2.04. The first kappa shape index (κ1) is 14.2. The Morgan fingerprint density at radius 1 is 1.12 bits per heavy atom. The molecule has 0 bridgehead atoms. The van der Waals surface area contributed by atoms with Crippen LogP contribution in [-0.4, -0.2) is 5.97 Å². The number of hydrogen-bond donors (Lipinski definition) is 0. The minimum absolute atomic E-state index is 0.369. The van der Waals surface area contributed by atoms with Gasteiger partial charge in [-0.25, -0.2) is 4.79 Å². The molecule has 16 heavy (non-hydrogen) atoms. The van der Waals surface area contributed by atoms with Gasteiger partial charge >= 0.3 is 5.97 Å². The highest BCUT2D eigenvalue weighted by molar-refractivity contribution is 5.92. The fourth-order valence-corrected chi connectivity index (χ4v) is 1.03. The van der Waals surface area contributed by atoms with Gasteiger partial charge in [-0.15, -0.1) is 0 Å². The summed E-state index contributed by atoms with van der Waals surface area (Å²) in [7, 11) is 0. The summed E-state index contributed by atoms with van der Waals surface area (Å²) in [6.07, 6.45) is 11.9. The summed E-state index contributed by atoms with van der Waals surface area (Å²) < 4.78 is 5.18. The topological polar surface area (TPSA) is 26.3 Å². The highest BCUT2D eigenvalue weighted by Gasteiger charge is 2.07. The van der Waals surface area contributed by atoms with E-state index < -0.39 is 0 Å². The van der Waals surface area contributed by atoms with E-state index in [9.17, 15) is 4.79 Å². The van der Waals surface area contributed by atoms with E-state index in [1.807, 2.05) is 13.8 Å². The van der Waals surface area contributed by atoms with E-state index in [1.54, 1.807) is 49.5 Å². The third kappa shape index (κ3) is 5.15. The zero-order valence-corrected chi connectivity index (χ0v) is 10.1. The summed E-state index contributed by atoms with van der Waals surface area (Å²) in [5.41, 5.74) is 0.530. The minimum Gasteiger partial charge on any atom is -0.423 e. The number of rotatable bonds is 5. The molecule has 0 spiro atoms. The van der Waals surface area contributed by atoms with Crippen molar-refractivity contribution in [2.75, 3.05) is 0 Å². The Labute approximate surface area is 97.3 Å². The van der Waals surface area contributed by atoms with Crippen molar-refractivity contribution >= 4 is 5.97 Å².